The SMILES string of the molecule is COCC(C)C(C)(C)O. The lowest BCUT2D eigenvalue weighted by atomic mass is 9.94. The van der Waals surface area contributed by atoms with Crippen molar-refractivity contribution in [2.24, 2.45) is 5.92 Å². The highest BCUT2D eigenvalue weighted by Crippen LogP contribution is 2.14. The van der Waals surface area contributed by atoms with Gasteiger partial charge in [-0.15, -0.1) is 0 Å². The van der Waals surface area contributed by atoms with Crippen LogP contribution in [0.2, 0.25) is 0 Å². The second-order valence-electron chi connectivity index (χ2n) is 3.01. The Kier molecular flexibility index (Phi) is 3.15. The lowest BCUT2D eigenvalue weighted by Gasteiger charge is -2.24. The van der Waals surface area contributed by atoms with Crippen molar-refractivity contribution in [2.45, 2.75) is 26.4 Å². The number of aliphatic hydroxyl groups is 1. The van der Waals surface area contributed by atoms with E-state index in [2.05, 4.69) is 0 Å². The van der Waals surface area contributed by atoms with Crippen LogP contribution in [0.15, 0.2) is 0 Å². The summed E-state index contributed by atoms with van der Waals surface area (Å²) < 4.78 is 4.87. The summed E-state index contributed by atoms with van der Waals surface area (Å²) in [5.74, 6) is 0.197. The summed E-state index contributed by atoms with van der Waals surface area (Å²) in [6.45, 7) is 6.15. The molecular formula is C7H16O2. The van der Waals surface area contributed by atoms with Crippen molar-refractivity contribution in [1.29, 1.82) is 0 Å². The van der Waals surface area contributed by atoms with E-state index in [4.69, 9.17) is 4.74 Å². The van der Waals surface area contributed by atoms with Crippen molar-refractivity contribution in [3.63, 3.8) is 0 Å². The van der Waals surface area contributed by atoms with E-state index in [1.807, 2.05) is 6.92 Å². The molecule has 0 heterocycles. The first kappa shape index (κ1) is 8.92. The van der Waals surface area contributed by atoms with Gasteiger partial charge in [-0.25, -0.2) is 0 Å². The van der Waals surface area contributed by atoms with E-state index in [-0.39, 0.29) is 5.92 Å². The first-order valence-electron chi connectivity index (χ1n) is 3.19. The molecule has 0 spiro atoms. The molecule has 0 aliphatic heterocycles. The Labute approximate surface area is 56.8 Å². The van der Waals surface area contributed by atoms with Crippen molar-refractivity contribution in [3.05, 3.63) is 0 Å². The van der Waals surface area contributed by atoms with Gasteiger partial charge in [0.25, 0.3) is 0 Å². The summed E-state index contributed by atoms with van der Waals surface area (Å²) in [7, 11) is 1.64. The van der Waals surface area contributed by atoms with Crippen LogP contribution in [0.3, 0.4) is 0 Å². The van der Waals surface area contributed by atoms with Crippen LogP contribution in [0, 0.1) is 5.92 Å². The summed E-state index contributed by atoms with van der Waals surface area (Å²) in [5, 5.41) is 9.34. The second-order valence-corrected chi connectivity index (χ2v) is 3.01. The predicted molar refractivity (Wildman–Crippen MR) is 37.3 cm³/mol. The van der Waals surface area contributed by atoms with Crippen LogP contribution in [0.4, 0.5) is 0 Å². The van der Waals surface area contributed by atoms with Gasteiger partial charge in [0.05, 0.1) is 12.2 Å². The molecule has 0 aliphatic carbocycles. The summed E-state index contributed by atoms with van der Waals surface area (Å²) in [6.07, 6.45) is 0. The Hall–Kier alpha value is -0.0800. The van der Waals surface area contributed by atoms with Crippen molar-refractivity contribution >= 4 is 0 Å². The molecule has 0 aliphatic rings. The molecular weight excluding hydrogens is 116 g/mol. The highest BCUT2D eigenvalue weighted by molar-refractivity contribution is 4.72. The standard InChI is InChI=1S/C7H16O2/c1-6(5-9-4)7(2,3)8/h6,8H,5H2,1-4H3. The molecule has 56 valence electrons. The van der Waals surface area contributed by atoms with Gasteiger partial charge in [-0.05, 0) is 13.8 Å². The van der Waals surface area contributed by atoms with E-state index in [1.165, 1.54) is 0 Å². The van der Waals surface area contributed by atoms with Crippen LogP contribution < -0.4 is 0 Å². The molecule has 2 nitrogen and oxygen atoms in total. The van der Waals surface area contributed by atoms with Crippen molar-refractivity contribution < 1.29 is 9.84 Å². The number of methoxy groups -OCH3 is 1. The Bertz CT molecular complexity index is 73.5. The van der Waals surface area contributed by atoms with E-state index >= 15 is 0 Å². The Morgan fingerprint density at radius 1 is 1.56 bits per heavy atom. The van der Waals surface area contributed by atoms with Crippen LogP contribution >= 0.6 is 0 Å². The van der Waals surface area contributed by atoms with E-state index in [0.29, 0.717) is 6.61 Å². The van der Waals surface area contributed by atoms with Gasteiger partial charge < -0.3 is 9.84 Å². The van der Waals surface area contributed by atoms with E-state index in [0.717, 1.165) is 0 Å². The average molecular weight is 132 g/mol. The van der Waals surface area contributed by atoms with Crippen LogP contribution in [0.25, 0.3) is 0 Å². The third-order valence-corrected chi connectivity index (χ3v) is 1.62. The second kappa shape index (κ2) is 3.18. The van der Waals surface area contributed by atoms with Gasteiger partial charge in [-0.2, -0.15) is 0 Å². The maximum absolute atomic E-state index is 9.34. The molecule has 0 amide bonds. The van der Waals surface area contributed by atoms with Crippen molar-refractivity contribution in [1.82, 2.24) is 0 Å². The van der Waals surface area contributed by atoms with Crippen LogP contribution in [0.5, 0.6) is 0 Å². The Balaban J connectivity index is 3.59. The summed E-state index contributed by atoms with van der Waals surface area (Å²) in [4.78, 5) is 0. The number of hydrogen-bond acceptors (Lipinski definition) is 2. The van der Waals surface area contributed by atoms with Gasteiger partial charge in [-0.1, -0.05) is 6.92 Å². The maximum Gasteiger partial charge on any atom is 0.0639 e. The van der Waals surface area contributed by atoms with Crippen LogP contribution in [0.1, 0.15) is 20.8 Å². The van der Waals surface area contributed by atoms with Crippen LogP contribution in [-0.2, 0) is 4.74 Å². The summed E-state index contributed by atoms with van der Waals surface area (Å²) >= 11 is 0. The molecule has 0 rings (SSSR count). The van der Waals surface area contributed by atoms with Gasteiger partial charge in [0.1, 0.15) is 0 Å². The fraction of sp³-hybridized carbons (Fsp3) is 1.00. The number of ether oxygens (including phenoxy) is 1. The molecule has 9 heavy (non-hydrogen) atoms. The fourth-order valence-corrected chi connectivity index (χ4v) is 0.454. The van der Waals surface area contributed by atoms with Gasteiger partial charge in [0, 0.05) is 13.0 Å². The first-order valence-corrected chi connectivity index (χ1v) is 3.19. The van der Waals surface area contributed by atoms with Gasteiger partial charge in [0.2, 0.25) is 0 Å². The summed E-state index contributed by atoms with van der Waals surface area (Å²) in [5.41, 5.74) is -0.615. The lowest BCUT2D eigenvalue weighted by molar-refractivity contribution is -0.0101. The number of hydrogen-bond donors (Lipinski definition) is 1. The fourth-order valence-electron chi connectivity index (χ4n) is 0.454. The largest absolute Gasteiger partial charge is 0.390 e. The van der Waals surface area contributed by atoms with Gasteiger partial charge >= 0.3 is 0 Å². The third-order valence-electron chi connectivity index (χ3n) is 1.62. The zero-order chi connectivity index (χ0) is 7.49. The first-order chi connectivity index (χ1) is 3.98. The Morgan fingerprint density at radius 3 is 2.11 bits per heavy atom. The minimum Gasteiger partial charge on any atom is -0.390 e. The Morgan fingerprint density at radius 2 is 2.00 bits per heavy atom. The van der Waals surface area contributed by atoms with E-state index < -0.39 is 5.60 Å². The molecule has 0 aromatic heterocycles. The zero-order valence-corrected chi connectivity index (χ0v) is 6.64. The molecule has 1 atom stereocenters. The monoisotopic (exact) mass is 132 g/mol. The molecule has 0 fully saturated rings. The quantitative estimate of drug-likeness (QED) is 0.621. The molecule has 0 saturated carbocycles. The molecule has 0 saturated heterocycles. The molecule has 0 radical (unpaired) electrons. The van der Waals surface area contributed by atoms with Crippen LogP contribution in [-0.4, -0.2) is 24.4 Å². The van der Waals surface area contributed by atoms with Crippen molar-refractivity contribution in [3.8, 4) is 0 Å². The smallest absolute Gasteiger partial charge is 0.0639 e. The maximum atomic E-state index is 9.34. The molecule has 0 aromatic carbocycles. The van der Waals surface area contributed by atoms with E-state index in [9.17, 15) is 5.11 Å². The molecule has 0 bridgehead atoms. The third kappa shape index (κ3) is 3.49. The minimum absolute atomic E-state index is 0.197. The van der Waals surface area contributed by atoms with Crippen molar-refractivity contribution in [2.75, 3.05) is 13.7 Å². The zero-order valence-electron chi connectivity index (χ0n) is 6.64. The lowest BCUT2D eigenvalue weighted by Crippen LogP contribution is -2.31. The highest BCUT2D eigenvalue weighted by atomic mass is 16.5. The highest BCUT2D eigenvalue weighted by Gasteiger charge is 2.21. The predicted octanol–water partition coefficient (Wildman–Crippen LogP) is 1.04. The normalized spacial score (nSPS) is 15.7. The molecule has 1 unspecified atom stereocenters. The molecule has 0 aromatic rings. The number of rotatable bonds is 3. The minimum atomic E-state index is -0.615. The van der Waals surface area contributed by atoms with E-state index in [1.54, 1.807) is 21.0 Å². The molecule has 2 heteroatoms. The topological polar surface area (TPSA) is 29.5 Å². The van der Waals surface area contributed by atoms with Gasteiger partial charge in [-0.3, -0.25) is 0 Å². The summed E-state index contributed by atoms with van der Waals surface area (Å²) in [6, 6.07) is 0. The molecule has 1 N–H and O–H groups in total. The van der Waals surface area contributed by atoms with Gasteiger partial charge in [0.15, 0.2) is 0 Å². The average Bonchev–Trinajstić information content (AvgIpc) is 1.64.